The molecule has 29 rings (SSSR count). The van der Waals surface area contributed by atoms with E-state index in [0.29, 0.717) is 34.8 Å². The number of fused-ring (bicyclic) bond motifs is 18. The minimum absolute atomic E-state index is 0. The third-order valence-electron chi connectivity index (χ3n) is 26.7. The molecule has 7 aromatic heterocycles. The van der Waals surface area contributed by atoms with Crippen LogP contribution in [0.15, 0.2) is 419 Å². The number of anilines is 12. The number of para-hydroxylation sites is 13. The van der Waals surface area contributed by atoms with Crippen molar-refractivity contribution in [3.63, 3.8) is 0 Å². The van der Waals surface area contributed by atoms with E-state index in [1.54, 1.807) is 12.4 Å². The third-order valence-corrected chi connectivity index (χ3v) is 26.7. The van der Waals surface area contributed by atoms with E-state index in [1.165, 1.54) is 32.3 Å². The van der Waals surface area contributed by atoms with Gasteiger partial charge in [0.1, 0.15) is 23.1 Å². The fourth-order valence-corrected chi connectivity index (χ4v) is 20.3. The molecule has 0 spiro atoms. The van der Waals surface area contributed by atoms with Gasteiger partial charge < -0.3 is 77.6 Å². The fourth-order valence-electron chi connectivity index (χ4n) is 20.3. The average molecular weight is 2450 g/mol. The molecule has 24 heteroatoms. The van der Waals surface area contributed by atoms with E-state index >= 15 is 0 Å². The van der Waals surface area contributed by atoms with Crippen molar-refractivity contribution in [3.05, 3.63) is 475 Å². The van der Waals surface area contributed by atoms with Crippen LogP contribution >= 0.6 is 0 Å². The average Bonchev–Trinajstić information content (AvgIpc) is 1.61. The summed E-state index contributed by atoms with van der Waals surface area (Å²) in [6.07, 6.45) is 11.7. The van der Waals surface area contributed by atoms with Gasteiger partial charge in [0.25, 0.3) is 0 Å². The number of pyridine rings is 3. The second-order valence-electron chi connectivity index (χ2n) is 35.4. The molecule has 0 saturated carbocycles. The molecule has 147 heavy (non-hydrogen) atoms. The zero-order chi connectivity index (χ0) is 95.6. The molecule has 23 aromatic rings. The fraction of sp³-hybridized carbons (Fsp3) is 0.0325. The molecule has 21 nitrogen and oxygen atoms in total. The summed E-state index contributed by atoms with van der Waals surface area (Å²) in [5.41, 5.74) is 25.2. The molecular formula is C123H81N16O5Pt3-9. The molecule has 0 aliphatic carbocycles. The molecule has 0 bridgehead atoms. The van der Waals surface area contributed by atoms with Gasteiger partial charge in [-0.05, 0) is 140 Å². The number of benzene rings is 16. The zero-order valence-electron chi connectivity index (χ0n) is 78.7. The number of rotatable bonds is 14. The van der Waals surface area contributed by atoms with Gasteiger partial charge in [0, 0.05) is 185 Å². The third kappa shape index (κ3) is 16.3. The van der Waals surface area contributed by atoms with Crippen LogP contribution in [-0.2, 0) is 63.2 Å². The van der Waals surface area contributed by atoms with E-state index < -0.39 is 0 Å². The molecule has 722 valence electrons. The Morgan fingerprint density at radius 1 is 0.286 bits per heavy atom. The number of nitrogens with zero attached hydrogens (tertiary/aromatic N) is 16. The van der Waals surface area contributed by atoms with Gasteiger partial charge in [-0.3, -0.25) is 9.13 Å². The van der Waals surface area contributed by atoms with Gasteiger partial charge in [0.05, 0.1) is 61.8 Å². The Labute approximate surface area is 890 Å². The second kappa shape index (κ2) is 38.5. The predicted octanol–water partition coefficient (Wildman–Crippen LogP) is 30.4. The molecule has 6 aliphatic rings. The normalized spacial score (nSPS) is 14.1. The molecule has 0 saturated heterocycles. The number of ether oxygens (including phenoxy) is 5. The molecule has 0 amide bonds. The summed E-state index contributed by atoms with van der Waals surface area (Å²) in [5, 5.41) is 11.6. The monoisotopic (exact) mass is 2450 g/mol. The van der Waals surface area contributed by atoms with Crippen molar-refractivity contribution in [2.24, 2.45) is 0 Å². The summed E-state index contributed by atoms with van der Waals surface area (Å²) < 4.78 is 40.5. The number of aromatic nitrogens is 7. The van der Waals surface area contributed by atoms with E-state index in [9.17, 15) is 0 Å². The van der Waals surface area contributed by atoms with E-state index in [1.807, 2.05) is 193 Å². The van der Waals surface area contributed by atoms with Gasteiger partial charge in [-0.15, -0.1) is 120 Å². The Morgan fingerprint density at radius 3 is 1.12 bits per heavy atom. The van der Waals surface area contributed by atoms with Crippen molar-refractivity contribution < 1.29 is 86.9 Å². The maximum atomic E-state index is 6.51. The molecule has 13 heterocycles. The molecule has 16 aromatic carbocycles. The summed E-state index contributed by atoms with van der Waals surface area (Å²) in [6, 6.07) is 151. The van der Waals surface area contributed by atoms with Gasteiger partial charge in [-0.2, -0.15) is 31.5 Å². The standard InChI is InChI=1S/C45H29N6O.2C39H26N5O2.3Pt/c1-47-29-48(28-45(47)51-37-16-6-3-12-32(37)33-13-4-7-17-38(33)51)30-22-24-43-41(26-30)49(39-18-8-9-19-42(39)52-43)31-21-23-35-34-14-2-5-15-36(34)50(40(35)27-31)44-20-10-11-25-46-44;1-41-26-42(25-39(41)44-32-15-4-2-13-30(32)31-14-3-5-16-33(31)44)27-11-10-12-28(23-27)43-34-17-6-7-18-36(34)46-37-21-20-29(24-35(37)43)45-38-19-8-9-22-40-38;1-26-36(44-32-15-4-2-13-30(32)31-14-3-5-16-33(31)44)25-42(41-26)27-20-21-38-35(24-27)43(34-17-6-7-18-37(34)46-38)28-11-10-12-29(23-28)45-39-19-8-9-22-40-39;;;/h2-25,28-29H,1H3;2*2-22,25-26H,1H3;;;/q3*-3;;;. The summed E-state index contributed by atoms with van der Waals surface area (Å²) in [7, 11) is 4.16. The zero-order valence-corrected chi connectivity index (χ0v) is 85.5. The Hall–Kier alpha value is -17.2. The maximum Gasteiger partial charge on any atom is 0.216 e. The van der Waals surface area contributed by atoms with Gasteiger partial charge >= 0.3 is 0 Å². The summed E-state index contributed by atoms with van der Waals surface area (Å²) in [4.78, 5) is 28.3. The van der Waals surface area contributed by atoms with Gasteiger partial charge in [0.2, 0.25) is 11.8 Å². The van der Waals surface area contributed by atoms with Crippen LogP contribution in [0, 0.1) is 49.7 Å². The van der Waals surface area contributed by atoms with E-state index in [-0.39, 0.29) is 69.2 Å². The molecule has 6 aliphatic heterocycles. The predicted molar refractivity (Wildman–Crippen MR) is 573 cm³/mol. The first-order chi connectivity index (χ1) is 71.1. The number of hydrogen-bond acceptors (Lipinski definition) is 16. The minimum Gasteiger partial charge on any atom is -0.558 e. The van der Waals surface area contributed by atoms with Crippen LogP contribution in [0.25, 0.3) is 116 Å². The van der Waals surface area contributed by atoms with Crippen molar-refractivity contribution in [2.75, 3.05) is 43.6 Å². The van der Waals surface area contributed by atoms with Crippen LogP contribution < -0.4 is 53.2 Å². The number of hydrogen-bond donors (Lipinski definition) is 0. The van der Waals surface area contributed by atoms with Crippen LogP contribution in [0.1, 0.15) is 6.92 Å². The van der Waals surface area contributed by atoms with Crippen LogP contribution in [0.4, 0.5) is 68.2 Å². The van der Waals surface area contributed by atoms with Crippen molar-refractivity contribution in [1.29, 1.82) is 0 Å². The Morgan fingerprint density at radius 2 is 0.646 bits per heavy atom. The van der Waals surface area contributed by atoms with Crippen molar-refractivity contribution in [3.8, 4) is 63.6 Å². The van der Waals surface area contributed by atoms with E-state index in [4.69, 9.17) is 34.1 Å². The summed E-state index contributed by atoms with van der Waals surface area (Å²) in [5.74, 6) is 9.38. The molecule has 1 unspecified atom stereocenters. The van der Waals surface area contributed by atoms with Gasteiger partial charge in [-0.25, -0.2) is 15.0 Å². The quantitative estimate of drug-likeness (QED) is 0.0951. The molecule has 0 radical (unpaired) electrons. The Kier molecular flexibility index (Phi) is 24.2. The minimum atomic E-state index is -0.0783. The van der Waals surface area contributed by atoms with E-state index in [2.05, 4.69) is 352 Å². The SMILES string of the molecule is CC1[N-]N(c2[c-]c3c(cc2)Oc2ccccc2N3c2[c-]c(Oc3ccccn3)ccc2)C=C1n1c2ccccc2c2ccccc21.CN1[CH-]N(c2[c-]c(N3c4[c-]c(Oc5ccccn5)ccc4Oc4ccccc43)ccc2)C=C1n1c2ccccc2c2ccccc21.CN1[CH-]N(c2[c-]c3c(cc2)Oc2ccccc2N3c2[c-]c3c(cc2)c2ccccc2n3-c2ccccn2)C=C1n1c2ccccc2c2ccccc21.[Pt].[Pt].[Pt]. The maximum absolute atomic E-state index is 6.51. The Balaban J connectivity index is 0.000000117. The van der Waals surface area contributed by atoms with Crippen LogP contribution in [0.5, 0.6) is 57.8 Å². The smallest absolute Gasteiger partial charge is 0.216 e. The van der Waals surface area contributed by atoms with E-state index in [0.717, 1.165) is 169 Å². The molecule has 0 N–H and O–H groups in total. The first-order valence-electron chi connectivity index (χ1n) is 47.5. The molecular weight excluding hydrogens is 2370 g/mol. The molecule has 1 atom stereocenters. The van der Waals surface area contributed by atoms with Crippen LogP contribution in [0.2, 0.25) is 0 Å². The molecule has 0 fully saturated rings. The first-order valence-corrected chi connectivity index (χ1v) is 47.5. The Bertz CT molecular complexity index is 8970. The van der Waals surface area contributed by atoms with Crippen LogP contribution in [-0.4, -0.2) is 63.2 Å². The van der Waals surface area contributed by atoms with Crippen molar-refractivity contribution in [2.45, 2.75) is 13.0 Å². The topological polar surface area (TPSA) is 145 Å². The first kappa shape index (κ1) is 92.2. The van der Waals surface area contributed by atoms with Crippen molar-refractivity contribution >= 4 is 173 Å². The van der Waals surface area contributed by atoms with Gasteiger partial charge in [-0.1, -0.05) is 223 Å². The van der Waals surface area contributed by atoms with Gasteiger partial charge in [0.15, 0.2) is 0 Å². The van der Waals surface area contributed by atoms with Crippen LogP contribution in [0.3, 0.4) is 0 Å². The summed E-state index contributed by atoms with van der Waals surface area (Å²) >= 11 is 0. The second-order valence-corrected chi connectivity index (χ2v) is 35.4. The largest absolute Gasteiger partial charge is 0.558 e. The summed E-state index contributed by atoms with van der Waals surface area (Å²) in [6.45, 7) is 6.31. The van der Waals surface area contributed by atoms with Crippen molar-refractivity contribution in [1.82, 2.24) is 43.0 Å².